The van der Waals surface area contributed by atoms with Crippen LogP contribution in [0.1, 0.15) is 10.4 Å². The van der Waals surface area contributed by atoms with Crippen molar-refractivity contribution in [2.45, 2.75) is 0 Å². The molecule has 1 aromatic carbocycles. The molecule has 0 atom stereocenters. The van der Waals surface area contributed by atoms with Gasteiger partial charge < -0.3 is 10.5 Å². The van der Waals surface area contributed by atoms with Crippen LogP contribution in [-0.4, -0.2) is 33.3 Å². The molecule has 0 saturated heterocycles. The largest absolute Gasteiger partial charge is 0.410 e. The second-order valence-corrected chi connectivity index (χ2v) is 4.55. The molecule has 0 aromatic heterocycles. The maximum atomic E-state index is 12.0. The zero-order chi connectivity index (χ0) is 15.9. The van der Waals surface area contributed by atoms with E-state index < -0.39 is 44.4 Å². The number of carbonyl (C=O) groups excluding carboxylic acids is 3. The van der Waals surface area contributed by atoms with Gasteiger partial charge in [-0.05, 0) is 6.07 Å². The zero-order valence-corrected chi connectivity index (χ0v) is 11.2. The molecule has 9 nitrogen and oxygen atoms in total. The minimum absolute atomic E-state index is 0.299. The van der Waals surface area contributed by atoms with Crippen molar-refractivity contribution in [1.29, 1.82) is 0 Å². The van der Waals surface area contributed by atoms with Crippen LogP contribution < -0.4 is 5.32 Å². The van der Waals surface area contributed by atoms with Crippen molar-refractivity contribution in [2.75, 3.05) is 5.32 Å². The van der Waals surface area contributed by atoms with Gasteiger partial charge in [-0.3, -0.25) is 24.5 Å². The summed E-state index contributed by atoms with van der Waals surface area (Å²) in [7, 11) is 0. The minimum atomic E-state index is -1.50. The van der Waals surface area contributed by atoms with E-state index in [1.165, 1.54) is 0 Å². The average Bonchev–Trinajstić information content (AvgIpc) is 2.48. The summed E-state index contributed by atoms with van der Waals surface area (Å²) in [6.45, 7) is 0. The van der Waals surface area contributed by atoms with E-state index in [9.17, 15) is 24.5 Å². The number of hydrogen-bond acceptors (Lipinski definition) is 7. The van der Waals surface area contributed by atoms with Gasteiger partial charge in [0.1, 0.15) is 10.6 Å². The first-order chi connectivity index (χ1) is 9.79. The Morgan fingerprint density at radius 3 is 2.38 bits per heavy atom. The van der Waals surface area contributed by atoms with Gasteiger partial charge in [-0.25, -0.2) is 0 Å². The molecule has 1 aromatic rings. The van der Waals surface area contributed by atoms with Crippen molar-refractivity contribution < 1.29 is 24.5 Å². The number of amides is 1. The van der Waals surface area contributed by atoms with Gasteiger partial charge in [0.2, 0.25) is 11.5 Å². The van der Waals surface area contributed by atoms with Crippen LogP contribution >= 0.6 is 23.2 Å². The van der Waals surface area contributed by atoms with E-state index in [0.717, 1.165) is 6.07 Å². The number of oxime groups is 1. The molecule has 0 saturated carbocycles. The fourth-order valence-electron chi connectivity index (χ4n) is 1.71. The number of nitrogens with one attached hydrogen (secondary N) is 1. The minimum Gasteiger partial charge on any atom is -0.410 e. The van der Waals surface area contributed by atoms with Crippen molar-refractivity contribution in [3.05, 3.63) is 31.8 Å². The van der Waals surface area contributed by atoms with Crippen LogP contribution in [0.4, 0.5) is 11.4 Å². The molecule has 0 bridgehead atoms. The van der Waals surface area contributed by atoms with Gasteiger partial charge in [-0.15, -0.1) is 0 Å². The Balaban J connectivity index is 2.87. The maximum Gasteiger partial charge on any atom is 0.302 e. The molecule has 108 valence electrons. The quantitative estimate of drug-likeness (QED) is 0.345. The molecule has 0 fully saturated rings. The fraction of sp³-hybridized carbons (Fsp3) is 0. The summed E-state index contributed by atoms with van der Waals surface area (Å²) in [5, 5.41) is 23.3. The molecular weight excluding hydrogens is 329 g/mol. The van der Waals surface area contributed by atoms with E-state index in [2.05, 4.69) is 5.16 Å². The number of halogens is 2. The highest BCUT2D eigenvalue weighted by molar-refractivity contribution is 6.83. The Hall–Kier alpha value is -2.52. The van der Waals surface area contributed by atoms with Crippen molar-refractivity contribution in [3.8, 4) is 0 Å². The third-order valence-corrected chi connectivity index (χ3v) is 3.37. The number of fused-ring (bicyclic) bond motifs is 1. The highest BCUT2D eigenvalue weighted by Crippen LogP contribution is 2.40. The van der Waals surface area contributed by atoms with Gasteiger partial charge in [0, 0.05) is 0 Å². The second-order valence-electron chi connectivity index (χ2n) is 3.76. The molecule has 1 aliphatic heterocycles. The number of Topliss-reactive ketones (excluding diaryl/α,β-unsaturated/α-hetero) is 2. The number of rotatable bonds is 1. The Bertz CT molecular complexity index is 758. The average molecular weight is 332 g/mol. The van der Waals surface area contributed by atoms with Crippen molar-refractivity contribution in [3.63, 3.8) is 0 Å². The first-order valence-electron chi connectivity index (χ1n) is 5.08. The Kier molecular flexibility index (Phi) is 3.62. The van der Waals surface area contributed by atoms with E-state index in [1.807, 2.05) is 5.32 Å². The Labute approximate surface area is 125 Å². The summed E-state index contributed by atoms with van der Waals surface area (Å²) in [6.07, 6.45) is 0. The fourth-order valence-corrected chi connectivity index (χ4v) is 2.13. The number of benzene rings is 1. The first kappa shape index (κ1) is 14.9. The van der Waals surface area contributed by atoms with Gasteiger partial charge in [-0.2, -0.15) is 0 Å². The highest BCUT2D eigenvalue weighted by Gasteiger charge is 2.40. The van der Waals surface area contributed by atoms with Gasteiger partial charge in [0.25, 0.3) is 11.7 Å². The summed E-state index contributed by atoms with van der Waals surface area (Å²) in [5.41, 5.74) is -3.13. The predicted octanol–water partition coefficient (Wildman–Crippen LogP) is 1.44. The molecule has 11 heteroatoms. The molecule has 0 unspecified atom stereocenters. The molecule has 0 spiro atoms. The third-order valence-electron chi connectivity index (χ3n) is 2.59. The number of hydrogen-bond donors (Lipinski definition) is 2. The Morgan fingerprint density at radius 2 is 1.86 bits per heavy atom. The van der Waals surface area contributed by atoms with Crippen molar-refractivity contribution >= 4 is 57.8 Å². The number of nitro benzene ring substituents is 1. The lowest BCUT2D eigenvalue weighted by Crippen LogP contribution is -2.31. The van der Waals surface area contributed by atoms with E-state index in [-0.39, 0.29) is 10.7 Å². The van der Waals surface area contributed by atoms with E-state index >= 15 is 0 Å². The number of anilines is 1. The SMILES string of the molecule is O=C1Nc2cc(Cl)c(Cl)c([N+](=O)[O-])c2C(=O)C(=O)/C1=N/O. The number of nitrogens with zero attached hydrogens (tertiary/aromatic N) is 2. The molecule has 21 heavy (non-hydrogen) atoms. The lowest BCUT2D eigenvalue weighted by Gasteiger charge is -2.08. The van der Waals surface area contributed by atoms with Crippen LogP contribution in [-0.2, 0) is 9.59 Å². The van der Waals surface area contributed by atoms with Crippen LogP contribution in [0.3, 0.4) is 0 Å². The van der Waals surface area contributed by atoms with Crippen LogP contribution in [0.2, 0.25) is 10.0 Å². The number of carbonyl (C=O) groups is 3. The molecule has 0 radical (unpaired) electrons. The van der Waals surface area contributed by atoms with E-state index in [0.29, 0.717) is 0 Å². The maximum absolute atomic E-state index is 12.0. The van der Waals surface area contributed by atoms with Crippen molar-refractivity contribution in [1.82, 2.24) is 0 Å². The number of ketones is 2. The first-order valence-corrected chi connectivity index (χ1v) is 5.84. The van der Waals surface area contributed by atoms with Gasteiger partial charge in [-0.1, -0.05) is 28.4 Å². The molecule has 1 heterocycles. The lowest BCUT2D eigenvalue weighted by molar-refractivity contribution is -0.384. The zero-order valence-electron chi connectivity index (χ0n) is 9.72. The molecule has 2 rings (SSSR count). The molecule has 2 N–H and O–H groups in total. The van der Waals surface area contributed by atoms with Crippen LogP contribution in [0.15, 0.2) is 11.2 Å². The molecule has 1 amide bonds. The standard InChI is InChI=1S/C10H3Cl2N3O6/c11-2-1-3-4(7(5(2)12)15(20)21)8(16)9(17)6(14-19)10(18)13-3/h1,19H,(H,13,18)/b14-6-. The summed E-state index contributed by atoms with van der Waals surface area (Å²) >= 11 is 11.4. The van der Waals surface area contributed by atoms with Gasteiger partial charge in [0.05, 0.1) is 15.6 Å². The molecular formula is C10H3Cl2N3O6. The molecule has 1 aliphatic rings. The highest BCUT2D eigenvalue weighted by atomic mass is 35.5. The second kappa shape index (κ2) is 5.11. The number of nitro groups is 1. The summed E-state index contributed by atoms with van der Waals surface area (Å²) in [5.74, 6) is -4.13. The lowest BCUT2D eigenvalue weighted by atomic mass is 10.0. The Morgan fingerprint density at radius 1 is 1.24 bits per heavy atom. The topological polar surface area (TPSA) is 139 Å². The third kappa shape index (κ3) is 2.22. The summed E-state index contributed by atoms with van der Waals surface area (Å²) < 4.78 is 0. The monoisotopic (exact) mass is 331 g/mol. The van der Waals surface area contributed by atoms with Crippen molar-refractivity contribution in [2.24, 2.45) is 5.16 Å². The summed E-state index contributed by atoms with van der Waals surface area (Å²) in [6, 6.07) is 0.982. The normalized spacial score (nSPS) is 16.5. The van der Waals surface area contributed by atoms with E-state index in [1.54, 1.807) is 0 Å². The van der Waals surface area contributed by atoms with E-state index in [4.69, 9.17) is 28.4 Å². The smallest absolute Gasteiger partial charge is 0.302 e. The van der Waals surface area contributed by atoms with Gasteiger partial charge in [0.15, 0.2) is 0 Å². The van der Waals surface area contributed by atoms with Gasteiger partial charge >= 0.3 is 5.69 Å². The predicted molar refractivity (Wildman–Crippen MR) is 70.3 cm³/mol. The summed E-state index contributed by atoms with van der Waals surface area (Å²) in [4.78, 5) is 45.4. The molecule has 0 aliphatic carbocycles. The van der Waals surface area contributed by atoms with Crippen LogP contribution in [0.25, 0.3) is 0 Å². The van der Waals surface area contributed by atoms with Crippen LogP contribution in [0.5, 0.6) is 0 Å². The van der Waals surface area contributed by atoms with Crippen LogP contribution in [0, 0.1) is 10.1 Å².